The van der Waals surface area contributed by atoms with Crippen LogP contribution in [0.15, 0.2) is 10.6 Å². The summed E-state index contributed by atoms with van der Waals surface area (Å²) in [5, 5.41) is 0. The highest BCUT2D eigenvalue weighted by Gasteiger charge is 2.29. The van der Waals surface area contributed by atoms with E-state index in [9.17, 15) is 0 Å². The number of oxazole rings is 1. The number of nitrogens with zero attached hydrogens (tertiary/aromatic N) is 2. The first kappa shape index (κ1) is 10.5. The average molecular weight is 209 g/mol. The van der Waals surface area contributed by atoms with Gasteiger partial charge in [-0.2, -0.15) is 0 Å². The van der Waals surface area contributed by atoms with Crippen LogP contribution in [0.5, 0.6) is 0 Å². The Hall–Kier alpha value is -1.03. The van der Waals surface area contributed by atoms with Crippen LogP contribution >= 0.6 is 0 Å². The van der Waals surface area contributed by atoms with Gasteiger partial charge >= 0.3 is 0 Å². The third-order valence-corrected chi connectivity index (χ3v) is 3.31. The highest BCUT2D eigenvalue weighted by atomic mass is 16.4. The molecule has 2 heterocycles. The van der Waals surface area contributed by atoms with Crippen LogP contribution < -0.4 is 10.6 Å². The third-order valence-electron chi connectivity index (χ3n) is 3.31. The molecule has 2 rings (SSSR count). The first-order valence-electron chi connectivity index (χ1n) is 5.61. The van der Waals surface area contributed by atoms with Crippen molar-refractivity contribution in [1.82, 2.24) is 4.98 Å². The number of nitrogens with two attached hydrogens (primary N) is 1. The molecule has 1 aromatic heterocycles. The fraction of sp³-hybridized carbons (Fsp3) is 0.727. The summed E-state index contributed by atoms with van der Waals surface area (Å²) in [4.78, 5) is 6.51. The minimum Gasteiger partial charge on any atom is -0.429 e. The summed E-state index contributed by atoms with van der Waals surface area (Å²) in [6, 6.07) is 1.18. The molecule has 0 unspecified atom stereocenters. The molecule has 1 aliphatic rings. The molecule has 84 valence electrons. The van der Waals surface area contributed by atoms with Gasteiger partial charge in [-0.25, -0.2) is 4.98 Å². The predicted octanol–water partition coefficient (Wildman–Crippen LogP) is 1.55. The molecule has 0 amide bonds. The van der Waals surface area contributed by atoms with E-state index in [1.807, 2.05) is 6.92 Å². The van der Waals surface area contributed by atoms with E-state index in [1.165, 1.54) is 12.8 Å². The van der Waals surface area contributed by atoms with Gasteiger partial charge in [-0.3, -0.25) is 0 Å². The number of anilines is 1. The number of piperidine rings is 1. The average Bonchev–Trinajstić information content (AvgIpc) is 2.65. The second kappa shape index (κ2) is 4.23. The topological polar surface area (TPSA) is 55.3 Å². The van der Waals surface area contributed by atoms with Crippen molar-refractivity contribution in [3.05, 3.63) is 12.0 Å². The molecule has 4 nitrogen and oxygen atoms in total. The zero-order valence-corrected chi connectivity index (χ0v) is 9.44. The molecule has 1 fully saturated rings. The van der Waals surface area contributed by atoms with Crippen molar-refractivity contribution < 1.29 is 4.42 Å². The largest absolute Gasteiger partial charge is 0.429 e. The van der Waals surface area contributed by atoms with Crippen molar-refractivity contribution in [2.45, 2.75) is 32.7 Å². The van der Waals surface area contributed by atoms with Crippen molar-refractivity contribution >= 4 is 6.01 Å². The van der Waals surface area contributed by atoms with Gasteiger partial charge in [0, 0.05) is 12.6 Å². The Morgan fingerprint density at radius 1 is 1.67 bits per heavy atom. The van der Waals surface area contributed by atoms with Crippen LogP contribution in [0.1, 0.15) is 25.5 Å². The summed E-state index contributed by atoms with van der Waals surface area (Å²) in [5.41, 5.74) is 5.76. The molecule has 15 heavy (non-hydrogen) atoms. The second-order valence-corrected chi connectivity index (χ2v) is 4.33. The van der Waals surface area contributed by atoms with E-state index in [-0.39, 0.29) is 0 Å². The van der Waals surface area contributed by atoms with Gasteiger partial charge in [0.05, 0.1) is 6.20 Å². The fourth-order valence-electron chi connectivity index (χ4n) is 2.28. The second-order valence-electron chi connectivity index (χ2n) is 4.33. The fourth-order valence-corrected chi connectivity index (χ4v) is 2.28. The summed E-state index contributed by atoms with van der Waals surface area (Å²) in [6.45, 7) is 5.90. The zero-order valence-electron chi connectivity index (χ0n) is 9.44. The van der Waals surface area contributed by atoms with Crippen LogP contribution in [0, 0.1) is 12.8 Å². The van der Waals surface area contributed by atoms with Crippen molar-refractivity contribution in [3.8, 4) is 0 Å². The van der Waals surface area contributed by atoms with Gasteiger partial charge < -0.3 is 15.1 Å². The number of rotatable bonds is 2. The molecule has 1 aromatic rings. The van der Waals surface area contributed by atoms with E-state index in [1.54, 1.807) is 6.20 Å². The van der Waals surface area contributed by atoms with E-state index in [0.717, 1.165) is 24.9 Å². The third kappa shape index (κ3) is 2.00. The van der Waals surface area contributed by atoms with Crippen LogP contribution in [0.25, 0.3) is 0 Å². The normalized spacial score (nSPS) is 27.0. The number of aromatic nitrogens is 1. The SMILES string of the molecule is Cc1cnc(N2CCC[C@H](CN)[C@H]2C)o1. The maximum atomic E-state index is 5.76. The quantitative estimate of drug-likeness (QED) is 0.803. The predicted molar refractivity (Wildman–Crippen MR) is 59.8 cm³/mol. The molecule has 0 bridgehead atoms. The number of hydrogen-bond donors (Lipinski definition) is 1. The monoisotopic (exact) mass is 209 g/mol. The highest BCUT2D eigenvalue weighted by Crippen LogP contribution is 2.27. The highest BCUT2D eigenvalue weighted by molar-refractivity contribution is 5.29. The Labute approximate surface area is 90.5 Å². The number of aryl methyl sites for hydroxylation is 1. The molecule has 0 spiro atoms. The summed E-state index contributed by atoms with van der Waals surface area (Å²) >= 11 is 0. The molecule has 0 radical (unpaired) electrons. The first-order chi connectivity index (χ1) is 7.22. The van der Waals surface area contributed by atoms with Crippen LogP contribution in [0.3, 0.4) is 0 Å². The molecule has 2 N–H and O–H groups in total. The standard InChI is InChI=1S/C11H19N3O/c1-8-7-13-11(15-8)14-5-3-4-10(6-12)9(14)2/h7,9-10H,3-6,12H2,1-2H3/t9-,10-/m1/s1. The smallest absolute Gasteiger partial charge is 0.297 e. The van der Waals surface area contributed by atoms with Gasteiger partial charge in [-0.1, -0.05) is 0 Å². The first-order valence-corrected chi connectivity index (χ1v) is 5.61. The van der Waals surface area contributed by atoms with E-state index in [4.69, 9.17) is 10.2 Å². The van der Waals surface area contributed by atoms with Gasteiger partial charge in [0.15, 0.2) is 0 Å². The van der Waals surface area contributed by atoms with Crippen LogP contribution in [0.4, 0.5) is 6.01 Å². The van der Waals surface area contributed by atoms with E-state index < -0.39 is 0 Å². The zero-order chi connectivity index (χ0) is 10.8. The lowest BCUT2D eigenvalue weighted by molar-refractivity contribution is 0.326. The Morgan fingerprint density at radius 2 is 2.47 bits per heavy atom. The summed E-state index contributed by atoms with van der Waals surface area (Å²) < 4.78 is 5.56. The number of hydrogen-bond acceptors (Lipinski definition) is 4. The lowest BCUT2D eigenvalue weighted by atomic mass is 9.91. The van der Waals surface area contributed by atoms with Crippen LogP contribution in [0.2, 0.25) is 0 Å². The summed E-state index contributed by atoms with van der Waals surface area (Å²) in [7, 11) is 0. The molecular formula is C11H19N3O. The molecular weight excluding hydrogens is 190 g/mol. The van der Waals surface area contributed by atoms with Crippen LogP contribution in [-0.2, 0) is 0 Å². The molecule has 0 saturated carbocycles. The molecule has 4 heteroatoms. The Kier molecular flexibility index (Phi) is 2.95. The van der Waals surface area contributed by atoms with Crippen LogP contribution in [-0.4, -0.2) is 24.1 Å². The Balaban J connectivity index is 2.14. The molecule has 1 saturated heterocycles. The lowest BCUT2D eigenvalue weighted by Crippen LogP contribution is -2.46. The summed E-state index contributed by atoms with van der Waals surface area (Å²) in [5.74, 6) is 1.43. The minimum absolute atomic E-state index is 0.432. The molecule has 1 aliphatic heterocycles. The maximum absolute atomic E-state index is 5.76. The van der Waals surface area contributed by atoms with E-state index in [0.29, 0.717) is 12.0 Å². The van der Waals surface area contributed by atoms with Crippen molar-refractivity contribution in [3.63, 3.8) is 0 Å². The van der Waals surface area contributed by atoms with Crippen molar-refractivity contribution in [2.24, 2.45) is 11.7 Å². The van der Waals surface area contributed by atoms with Gasteiger partial charge in [0.1, 0.15) is 5.76 Å². The molecule has 0 aromatic carbocycles. The van der Waals surface area contributed by atoms with Crippen molar-refractivity contribution in [1.29, 1.82) is 0 Å². The molecule has 2 atom stereocenters. The van der Waals surface area contributed by atoms with Gasteiger partial charge in [0.2, 0.25) is 0 Å². The van der Waals surface area contributed by atoms with Crippen molar-refractivity contribution in [2.75, 3.05) is 18.0 Å². The molecule has 0 aliphatic carbocycles. The van der Waals surface area contributed by atoms with Gasteiger partial charge in [0.25, 0.3) is 6.01 Å². The lowest BCUT2D eigenvalue weighted by Gasteiger charge is -2.37. The maximum Gasteiger partial charge on any atom is 0.297 e. The van der Waals surface area contributed by atoms with Gasteiger partial charge in [-0.05, 0) is 39.2 Å². The minimum atomic E-state index is 0.432. The Morgan fingerprint density at radius 3 is 3.07 bits per heavy atom. The van der Waals surface area contributed by atoms with Gasteiger partial charge in [-0.15, -0.1) is 0 Å². The summed E-state index contributed by atoms with van der Waals surface area (Å²) in [6.07, 6.45) is 4.16. The van der Waals surface area contributed by atoms with E-state index in [2.05, 4.69) is 16.8 Å². The Bertz CT molecular complexity index is 323. The van der Waals surface area contributed by atoms with E-state index >= 15 is 0 Å².